The van der Waals surface area contributed by atoms with Crippen molar-refractivity contribution in [2.24, 2.45) is 5.92 Å². The lowest BCUT2D eigenvalue weighted by molar-refractivity contribution is -0.123. The summed E-state index contributed by atoms with van der Waals surface area (Å²) in [5, 5.41) is 13.6. The number of hydrogen-bond donors (Lipinski definition) is 1. The first-order valence-corrected chi connectivity index (χ1v) is 10.6. The number of para-hydroxylation sites is 1. The summed E-state index contributed by atoms with van der Waals surface area (Å²) in [6, 6.07) is 12.2. The normalized spacial score (nSPS) is 18.8. The molecule has 1 aromatic heterocycles. The molecule has 146 valence electrons. The van der Waals surface area contributed by atoms with Crippen LogP contribution < -0.4 is 10.2 Å². The molecule has 1 aliphatic carbocycles. The van der Waals surface area contributed by atoms with Crippen LogP contribution in [0.25, 0.3) is 10.9 Å². The number of rotatable bonds is 4. The Labute approximate surface area is 166 Å². The number of benzene rings is 1. The Morgan fingerprint density at radius 1 is 1.14 bits per heavy atom. The number of piperidine rings is 1. The molecule has 2 fully saturated rings. The number of aromatic nitrogens is 1. The van der Waals surface area contributed by atoms with E-state index in [0.29, 0.717) is 17.9 Å². The lowest BCUT2D eigenvalue weighted by Crippen LogP contribution is -2.45. The largest absolute Gasteiger partial charge is 0.356 e. The Morgan fingerprint density at radius 3 is 2.64 bits per heavy atom. The molecule has 1 saturated carbocycles. The number of amides is 1. The number of nitriles is 1. The van der Waals surface area contributed by atoms with Crippen molar-refractivity contribution in [3.8, 4) is 6.07 Å². The molecule has 0 radical (unpaired) electrons. The van der Waals surface area contributed by atoms with E-state index >= 15 is 0 Å². The first kappa shape index (κ1) is 18.7. The minimum Gasteiger partial charge on any atom is -0.356 e. The van der Waals surface area contributed by atoms with Crippen molar-refractivity contribution < 1.29 is 4.79 Å². The van der Waals surface area contributed by atoms with Crippen molar-refractivity contribution in [2.75, 3.05) is 18.0 Å². The van der Waals surface area contributed by atoms with E-state index in [-0.39, 0.29) is 11.9 Å². The first-order chi connectivity index (χ1) is 13.7. The van der Waals surface area contributed by atoms with E-state index in [9.17, 15) is 10.1 Å². The van der Waals surface area contributed by atoms with E-state index in [2.05, 4.69) is 16.3 Å². The summed E-state index contributed by atoms with van der Waals surface area (Å²) < 4.78 is 0. The number of nitrogens with one attached hydrogen (secondary N) is 1. The van der Waals surface area contributed by atoms with E-state index in [1.165, 1.54) is 32.1 Å². The summed E-state index contributed by atoms with van der Waals surface area (Å²) in [5.74, 6) is 1.67. The Kier molecular flexibility index (Phi) is 5.76. The molecule has 1 saturated heterocycles. The van der Waals surface area contributed by atoms with Crippen LogP contribution in [0.1, 0.15) is 56.9 Å². The quantitative estimate of drug-likeness (QED) is 0.870. The van der Waals surface area contributed by atoms with Crippen LogP contribution >= 0.6 is 0 Å². The van der Waals surface area contributed by atoms with Gasteiger partial charge in [-0.15, -0.1) is 0 Å². The molecule has 0 atom stereocenters. The van der Waals surface area contributed by atoms with Gasteiger partial charge in [0.05, 0.1) is 17.1 Å². The molecular weight excluding hydrogens is 348 g/mol. The lowest BCUT2D eigenvalue weighted by Gasteiger charge is -2.33. The van der Waals surface area contributed by atoms with Crippen LogP contribution in [-0.4, -0.2) is 30.0 Å². The van der Waals surface area contributed by atoms with Gasteiger partial charge in [0.1, 0.15) is 5.82 Å². The van der Waals surface area contributed by atoms with Crippen LogP contribution in [0, 0.1) is 17.2 Å². The predicted octanol–water partition coefficient (Wildman–Crippen LogP) is 4.16. The maximum atomic E-state index is 12.4. The molecule has 5 nitrogen and oxygen atoms in total. The fourth-order valence-electron chi connectivity index (χ4n) is 4.61. The summed E-state index contributed by atoms with van der Waals surface area (Å²) in [6.45, 7) is 1.70. The van der Waals surface area contributed by atoms with E-state index in [0.717, 1.165) is 42.7 Å². The fourth-order valence-corrected chi connectivity index (χ4v) is 4.61. The lowest BCUT2D eigenvalue weighted by atomic mass is 9.86. The third-order valence-electron chi connectivity index (χ3n) is 6.21. The Hall–Kier alpha value is -2.61. The van der Waals surface area contributed by atoms with E-state index < -0.39 is 0 Å². The zero-order chi connectivity index (χ0) is 19.3. The molecule has 5 heteroatoms. The van der Waals surface area contributed by atoms with Gasteiger partial charge in [0, 0.05) is 30.9 Å². The fraction of sp³-hybridized carbons (Fsp3) is 0.522. The molecule has 2 heterocycles. The number of carbonyl (C=O) groups is 1. The maximum Gasteiger partial charge on any atom is 0.220 e. The maximum absolute atomic E-state index is 12.4. The van der Waals surface area contributed by atoms with Crippen molar-refractivity contribution in [3.63, 3.8) is 0 Å². The molecule has 2 aromatic rings. The highest BCUT2D eigenvalue weighted by molar-refractivity contribution is 5.86. The van der Waals surface area contributed by atoms with Gasteiger partial charge in [-0.2, -0.15) is 5.26 Å². The second kappa shape index (κ2) is 8.60. The number of carbonyl (C=O) groups excluding carboxylic acids is 1. The van der Waals surface area contributed by atoms with E-state index in [1.54, 1.807) is 0 Å². The van der Waals surface area contributed by atoms with Gasteiger partial charge in [0.25, 0.3) is 0 Å². The van der Waals surface area contributed by atoms with Crippen molar-refractivity contribution in [1.29, 1.82) is 5.26 Å². The first-order valence-electron chi connectivity index (χ1n) is 10.6. The number of fused-ring (bicyclic) bond motifs is 1. The summed E-state index contributed by atoms with van der Waals surface area (Å²) >= 11 is 0. The highest BCUT2D eigenvalue weighted by Crippen LogP contribution is 2.27. The zero-order valence-electron chi connectivity index (χ0n) is 16.4. The summed E-state index contributed by atoms with van der Waals surface area (Å²) in [5.41, 5.74) is 1.53. The smallest absolute Gasteiger partial charge is 0.220 e. The van der Waals surface area contributed by atoms with Crippen LogP contribution in [0.5, 0.6) is 0 Å². The number of hydrogen-bond acceptors (Lipinski definition) is 4. The monoisotopic (exact) mass is 376 g/mol. The number of anilines is 1. The molecule has 2 aliphatic rings. The Bertz CT molecular complexity index is 874. The Balaban J connectivity index is 1.34. The van der Waals surface area contributed by atoms with Crippen molar-refractivity contribution in [3.05, 3.63) is 35.9 Å². The second-order valence-corrected chi connectivity index (χ2v) is 8.19. The average molecular weight is 377 g/mol. The highest BCUT2D eigenvalue weighted by atomic mass is 16.1. The highest BCUT2D eigenvalue weighted by Gasteiger charge is 2.24. The molecule has 0 spiro atoms. The summed E-state index contributed by atoms with van der Waals surface area (Å²) in [4.78, 5) is 19.4. The minimum absolute atomic E-state index is 0.223. The van der Waals surface area contributed by atoms with Gasteiger partial charge in [-0.1, -0.05) is 37.5 Å². The zero-order valence-corrected chi connectivity index (χ0v) is 16.4. The van der Waals surface area contributed by atoms with Gasteiger partial charge in [0.2, 0.25) is 5.91 Å². The minimum atomic E-state index is 0.223. The van der Waals surface area contributed by atoms with Gasteiger partial charge in [-0.25, -0.2) is 4.98 Å². The molecule has 4 rings (SSSR count). The van der Waals surface area contributed by atoms with Gasteiger partial charge >= 0.3 is 0 Å². The average Bonchev–Trinajstić information content (AvgIpc) is 2.74. The number of nitrogens with zero attached hydrogens (tertiary/aromatic N) is 3. The van der Waals surface area contributed by atoms with Crippen molar-refractivity contribution in [2.45, 2.75) is 57.4 Å². The van der Waals surface area contributed by atoms with Crippen molar-refractivity contribution in [1.82, 2.24) is 10.3 Å². The van der Waals surface area contributed by atoms with Crippen LogP contribution in [0.2, 0.25) is 0 Å². The van der Waals surface area contributed by atoms with Gasteiger partial charge in [0.15, 0.2) is 0 Å². The second-order valence-electron chi connectivity index (χ2n) is 8.19. The summed E-state index contributed by atoms with van der Waals surface area (Å²) in [6.07, 6.45) is 8.84. The van der Waals surface area contributed by atoms with Crippen molar-refractivity contribution >= 4 is 22.6 Å². The van der Waals surface area contributed by atoms with Gasteiger partial charge in [-0.3, -0.25) is 4.79 Å². The SMILES string of the molecule is N#Cc1cc(N2CCC(NC(=O)CC3CCCCC3)CC2)nc2ccccc12. The van der Waals surface area contributed by atoms with E-state index in [4.69, 9.17) is 4.98 Å². The third-order valence-corrected chi connectivity index (χ3v) is 6.21. The third kappa shape index (κ3) is 4.27. The molecule has 1 aliphatic heterocycles. The molecule has 1 amide bonds. The van der Waals surface area contributed by atoms with Crippen LogP contribution in [-0.2, 0) is 4.79 Å². The molecule has 28 heavy (non-hydrogen) atoms. The van der Waals surface area contributed by atoms with Crippen LogP contribution in [0.3, 0.4) is 0 Å². The topological polar surface area (TPSA) is 69.0 Å². The molecule has 1 aromatic carbocycles. The van der Waals surface area contributed by atoms with Gasteiger partial charge < -0.3 is 10.2 Å². The standard InChI is InChI=1S/C23H28N4O/c24-16-18-15-22(26-21-9-5-4-8-20(18)21)27-12-10-19(11-13-27)25-23(28)14-17-6-2-1-3-7-17/h4-5,8-9,15,17,19H,1-3,6-7,10-14H2,(H,25,28). The van der Waals surface area contributed by atoms with E-state index in [1.807, 2.05) is 30.3 Å². The number of pyridine rings is 1. The van der Waals surface area contributed by atoms with Gasteiger partial charge in [-0.05, 0) is 43.7 Å². The van der Waals surface area contributed by atoms with Crippen LogP contribution in [0.15, 0.2) is 30.3 Å². The predicted molar refractivity (Wildman–Crippen MR) is 111 cm³/mol. The molecule has 0 unspecified atom stereocenters. The molecule has 0 bridgehead atoms. The molecule has 1 N–H and O–H groups in total. The summed E-state index contributed by atoms with van der Waals surface area (Å²) in [7, 11) is 0. The molecular formula is C23H28N4O. The van der Waals surface area contributed by atoms with Crippen LogP contribution in [0.4, 0.5) is 5.82 Å². The Morgan fingerprint density at radius 2 is 1.89 bits per heavy atom.